The number of aryl methyl sites for hydroxylation is 1. The summed E-state index contributed by atoms with van der Waals surface area (Å²) in [7, 11) is -7.98. The van der Waals surface area contributed by atoms with Gasteiger partial charge in [0.1, 0.15) is 0 Å². The molecule has 0 fully saturated rings. The molecular weight excluding hydrogens is 372 g/mol. The van der Waals surface area contributed by atoms with E-state index in [9.17, 15) is 16.8 Å². The van der Waals surface area contributed by atoms with Crippen molar-refractivity contribution in [3.63, 3.8) is 0 Å². The third kappa shape index (κ3) is 5.43. The normalized spacial score (nSPS) is 12.6. The van der Waals surface area contributed by atoms with Gasteiger partial charge in [0.15, 0.2) is 0 Å². The van der Waals surface area contributed by atoms with E-state index in [1.807, 2.05) is 16.6 Å². The number of hydrogen-bond acceptors (Lipinski definition) is 4. The fourth-order valence-corrected chi connectivity index (χ4v) is 3.71. The number of nitrogens with one attached hydrogen (secondary N) is 2. The highest BCUT2D eigenvalue weighted by Crippen LogP contribution is 2.11. The van der Waals surface area contributed by atoms with Gasteiger partial charge >= 0.3 is 0 Å². The monoisotopic (exact) mass is 386 g/mol. The second-order valence-electron chi connectivity index (χ2n) is 4.92. The zero-order chi connectivity index (χ0) is 17.8. The number of hydrazine groups is 1. The quantitative estimate of drug-likeness (QED) is 0.746. The lowest BCUT2D eigenvalue weighted by Gasteiger charge is -2.07. The van der Waals surface area contributed by atoms with Gasteiger partial charge in [-0.05, 0) is 42.8 Å². The molecule has 0 atom stereocenters. The van der Waals surface area contributed by atoms with Crippen LogP contribution in [0.25, 0.3) is 6.08 Å². The van der Waals surface area contributed by atoms with E-state index in [0.717, 1.165) is 11.0 Å². The Hall–Kier alpha value is -1.71. The summed E-state index contributed by atoms with van der Waals surface area (Å²) in [6.07, 6.45) is 1.32. The van der Waals surface area contributed by atoms with Crippen LogP contribution in [0, 0.1) is 6.92 Å². The molecule has 0 aliphatic carbocycles. The Kier molecular flexibility index (Phi) is 5.79. The Balaban J connectivity index is 2.06. The van der Waals surface area contributed by atoms with Crippen molar-refractivity contribution in [2.75, 3.05) is 0 Å². The van der Waals surface area contributed by atoms with Gasteiger partial charge in [0, 0.05) is 10.4 Å². The molecule has 9 heteroatoms. The summed E-state index contributed by atoms with van der Waals surface area (Å²) in [5, 5.41) is 1.38. The molecule has 0 aromatic heterocycles. The molecule has 0 bridgehead atoms. The van der Waals surface area contributed by atoms with Crippen LogP contribution in [0.1, 0.15) is 11.1 Å². The van der Waals surface area contributed by atoms with Crippen molar-refractivity contribution in [2.45, 2.75) is 11.8 Å². The zero-order valence-corrected chi connectivity index (χ0v) is 15.0. The van der Waals surface area contributed by atoms with E-state index >= 15 is 0 Å². The summed E-state index contributed by atoms with van der Waals surface area (Å²) in [6.45, 7) is 1.81. The van der Waals surface area contributed by atoms with Crippen molar-refractivity contribution in [1.82, 2.24) is 9.66 Å². The highest BCUT2D eigenvalue weighted by atomic mass is 35.5. The van der Waals surface area contributed by atoms with Crippen LogP contribution in [0.15, 0.2) is 58.8 Å². The molecule has 6 nitrogen and oxygen atoms in total. The second-order valence-corrected chi connectivity index (χ2v) is 8.61. The summed E-state index contributed by atoms with van der Waals surface area (Å²) in [6, 6.07) is 12.5. The molecule has 2 aromatic rings. The van der Waals surface area contributed by atoms with Crippen LogP contribution in [0.4, 0.5) is 0 Å². The van der Waals surface area contributed by atoms with E-state index in [1.165, 1.54) is 18.2 Å². The Bertz CT molecular complexity index is 936. The van der Waals surface area contributed by atoms with Gasteiger partial charge in [-0.3, -0.25) is 0 Å². The minimum Gasteiger partial charge on any atom is -0.206 e. The number of sulfonamides is 2. The smallest absolute Gasteiger partial charge is 0.206 e. The lowest BCUT2D eigenvalue weighted by molar-refractivity contribution is 0.562. The first kappa shape index (κ1) is 18.6. The highest BCUT2D eigenvalue weighted by molar-refractivity contribution is 7.94. The summed E-state index contributed by atoms with van der Waals surface area (Å²) >= 11 is 5.74. The molecule has 0 aliphatic heterocycles. The highest BCUT2D eigenvalue weighted by Gasteiger charge is 2.16. The molecule has 2 N–H and O–H groups in total. The number of benzene rings is 2. The summed E-state index contributed by atoms with van der Waals surface area (Å²) in [5.41, 5.74) is 1.49. The molecule has 2 rings (SSSR count). The largest absolute Gasteiger partial charge is 0.254 e. The molecule has 0 saturated heterocycles. The first-order valence-electron chi connectivity index (χ1n) is 6.72. The summed E-state index contributed by atoms with van der Waals surface area (Å²) in [5.74, 6) is 0. The lowest BCUT2D eigenvalue weighted by atomic mass is 10.2. The first-order valence-corrected chi connectivity index (χ1v) is 10.1. The van der Waals surface area contributed by atoms with E-state index in [-0.39, 0.29) is 4.90 Å². The standard InChI is InChI=1S/C15H15ClN2O4S2/c1-12-2-8-15(9-3-12)24(21,22)18-17-23(19,20)11-10-13-4-6-14(16)7-5-13/h2-11,17-18H,1H3/b11-10+. The second kappa shape index (κ2) is 7.45. The van der Waals surface area contributed by atoms with Crippen LogP contribution in [0.5, 0.6) is 0 Å². The van der Waals surface area contributed by atoms with E-state index in [2.05, 4.69) is 0 Å². The predicted molar refractivity (Wildman–Crippen MR) is 94.0 cm³/mol. The molecule has 0 amide bonds. The van der Waals surface area contributed by atoms with Gasteiger partial charge in [0.05, 0.1) is 4.90 Å². The van der Waals surface area contributed by atoms with E-state index in [1.54, 1.807) is 36.4 Å². The molecule has 24 heavy (non-hydrogen) atoms. The molecule has 0 radical (unpaired) electrons. The van der Waals surface area contributed by atoms with Crippen LogP contribution >= 0.6 is 11.6 Å². The number of hydrogen-bond donors (Lipinski definition) is 2. The average Bonchev–Trinajstić information content (AvgIpc) is 2.53. The predicted octanol–water partition coefficient (Wildman–Crippen LogP) is 2.43. The third-order valence-corrected chi connectivity index (χ3v) is 5.48. The van der Waals surface area contributed by atoms with Gasteiger partial charge in [-0.1, -0.05) is 41.4 Å². The van der Waals surface area contributed by atoms with E-state index in [4.69, 9.17) is 11.6 Å². The van der Waals surface area contributed by atoms with Gasteiger partial charge in [-0.2, -0.15) is 0 Å². The van der Waals surface area contributed by atoms with Crippen molar-refractivity contribution >= 4 is 37.7 Å². The zero-order valence-electron chi connectivity index (χ0n) is 12.6. The van der Waals surface area contributed by atoms with Crippen molar-refractivity contribution < 1.29 is 16.8 Å². The molecular formula is C15H15ClN2O4S2. The fraction of sp³-hybridized carbons (Fsp3) is 0.0667. The Morgan fingerprint density at radius 3 is 2.04 bits per heavy atom. The Morgan fingerprint density at radius 1 is 0.875 bits per heavy atom. The SMILES string of the molecule is Cc1ccc(S(=O)(=O)NNS(=O)(=O)/C=C/c2ccc(Cl)cc2)cc1. The molecule has 0 spiro atoms. The average molecular weight is 387 g/mol. The van der Waals surface area contributed by atoms with Gasteiger partial charge < -0.3 is 0 Å². The topological polar surface area (TPSA) is 92.3 Å². The molecule has 0 heterocycles. The molecule has 0 aliphatic rings. The molecule has 128 valence electrons. The molecule has 0 saturated carbocycles. The minimum atomic E-state index is -3.99. The van der Waals surface area contributed by atoms with Crippen LogP contribution in [-0.4, -0.2) is 16.8 Å². The minimum absolute atomic E-state index is 0.0440. The third-order valence-electron chi connectivity index (χ3n) is 2.96. The Morgan fingerprint density at radius 2 is 1.46 bits per heavy atom. The first-order chi connectivity index (χ1) is 11.2. The van der Waals surface area contributed by atoms with Crippen LogP contribution in [0.3, 0.4) is 0 Å². The van der Waals surface area contributed by atoms with Crippen molar-refractivity contribution in [3.8, 4) is 0 Å². The van der Waals surface area contributed by atoms with E-state index in [0.29, 0.717) is 10.6 Å². The van der Waals surface area contributed by atoms with Crippen LogP contribution in [-0.2, 0) is 20.0 Å². The molecule has 0 unspecified atom stereocenters. The molecule has 2 aromatic carbocycles. The fourth-order valence-electron chi connectivity index (χ4n) is 1.67. The van der Waals surface area contributed by atoms with Gasteiger partial charge in [0.25, 0.3) is 10.0 Å². The van der Waals surface area contributed by atoms with Crippen LogP contribution < -0.4 is 9.66 Å². The summed E-state index contributed by atoms with van der Waals surface area (Å²) < 4.78 is 47.8. The van der Waals surface area contributed by atoms with Crippen molar-refractivity contribution in [3.05, 3.63) is 70.1 Å². The van der Waals surface area contributed by atoms with Crippen molar-refractivity contribution in [2.24, 2.45) is 0 Å². The van der Waals surface area contributed by atoms with Gasteiger partial charge in [-0.15, -0.1) is 9.66 Å². The van der Waals surface area contributed by atoms with Crippen molar-refractivity contribution in [1.29, 1.82) is 0 Å². The number of rotatable bonds is 6. The van der Waals surface area contributed by atoms with Gasteiger partial charge in [-0.25, -0.2) is 16.8 Å². The maximum absolute atomic E-state index is 12.0. The summed E-state index contributed by atoms with van der Waals surface area (Å²) in [4.78, 5) is 3.61. The maximum Gasteiger partial charge on any atom is 0.254 e. The van der Waals surface area contributed by atoms with E-state index < -0.39 is 20.0 Å². The maximum atomic E-state index is 12.0. The Labute approximate surface area is 146 Å². The van der Waals surface area contributed by atoms with Gasteiger partial charge in [0.2, 0.25) is 10.0 Å². The lowest BCUT2D eigenvalue weighted by Crippen LogP contribution is -2.40. The van der Waals surface area contributed by atoms with Crippen LogP contribution in [0.2, 0.25) is 5.02 Å². The number of halogens is 1.